The van der Waals surface area contributed by atoms with Crippen molar-refractivity contribution in [2.75, 3.05) is 41.9 Å². The molecule has 216 valence electrons. The van der Waals surface area contributed by atoms with Gasteiger partial charge in [0.2, 0.25) is 0 Å². The maximum Gasteiger partial charge on any atom is 0.276 e. The standard InChI is InChI=1S/C32H30F2N4O3S/c1-19-6-3-8-24(34)29(19)36-31(39)27-16-20-13-15-38(26-12-11-21(33)17-23(26)30(20)42-27)32(40)25-9-4-10-28(35-25)37-14-5-7-22(37)18-41-2/h3-4,6,8-12,16-17,22H,5,7,13-15,18H2,1-2H3,(H,36,39)/t22-/m1/s1. The number of aromatic nitrogens is 1. The normalized spacial score (nSPS) is 16.1. The van der Waals surface area contributed by atoms with Gasteiger partial charge in [-0.2, -0.15) is 0 Å². The maximum atomic E-state index is 14.6. The summed E-state index contributed by atoms with van der Waals surface area (Å²) in [7, 11) is 1.68. The first kappa shape index (κ1) is 28.0. The predicted molar refractivity (Wildman–Crippen MR) is 161 cm³/mol. The van der Waals surface area contributed by atoms with Crippen LogP contribution in [-0.4, -0.2) is 49.6 Å². The van der Waals surface area contributed by atoms with Gasteiger partial charge in [0.1, 0.15) is 23.1 Å². The fourth-order valence-corrected chi connectivity index (χ4v) is 6.88. The van der Waals surface area contributed by atoms with Gasteiger partial charge in [0.05, 0.1) is 28.9 Å². The highest BCUT2D eigenvalue weighted by Crippen LogP contribution is 2.42. The molecular formula is C32H30F2N4O3S. The maximum absolute atomic E-state index is 14.6. The third kappa shape index (κ3) is 5.28. The molecule has 0 bridgehead atoms. The van der Waals surface area contributed by atoms with Crippen LogP contribution in [0.3, 0.4) is 0 Å². The number of hydrogen-bond donors (Lipinski definition) is 1. The summed E-state index contributed by atoms with van der Waals surface area (Å²) in [5, 5.41) is 2.68. The molecule has 10 heteroatoms. The highest BCUT2D eigenvalue weighted by molar-refractivity contribution is 7.17. The number of carbonyl (C=O) groups is 2. The summed E-state index contributed by atoms with van der Waals surface area (Å²) in [6, 6.07) is 16.3. The van der Waals surface area contributed by atoms with Crippen LogP contribution in [0.25, 0.3) is 10.4 Å². The number of fused-ring (bicyclic) bond motifs is 3. The van der Waals surface area contributed by atoms with Crippen molar-refractivity contribution in [3.8, 4) is 10.4 Å². The lowest BCUT2D eigenvalue weighted by molar-refractivity contribution is 0.0981. The molecule has 4 aromatic rings. The van der Waals surface area contributed by atoms with Crippen molar-refractivity contribution in [1.82, 2.24) is 4.98 Å². The number of halogens is 2. The largest absolute Gasteiger partial charge is 0.383 e. The van der Waals surface area contributed by atoms with Crippen LogP contribution in [0.5, 0.6) is 0 Å². The van der Waals surface area contributed by atoms with E-state index in [1.54, 1.807) is 49.3 Å². The Morgan fingerprint density at radius 3 is 2.74 bits per heavy atom. The molecule has 0 radical (unpaired) electrons. The van der Waals surface area contributed by atoms with E-state index in [0.29, 0.717) is 51.8 Å². The second-order valence-electron chi connectivity index (χ2n) is 10.5. The van der Waals surface area contributed by atoms with Gasteiger partial charge < -0.3 is 19.9 Å². The fourth-order valence-electron chi connectivity index (χ4n) is 5.75. The number of benzene rings is 2. The van der Waals surface area contributed by atoms with E-state index in [2.05, 4.69) is 10.2 Å². The Morgan fingerprint density at radius 2 is 1.93 bits per heavy atom. The third-order valence-corrected chi connectivity index (χ3v) is 9.03. The van der Waals surface area contributed by atoms with Gasteiger partial charge in [0, 0.05) is 30.6 Å². The molecule has 1 atom stereocenters. The van der Waals surface area contributed by atoms with E-state index in [4.69, 9.17) is 9.72 Å². The summed E-state index contributed by atoms with van der Waals surface area (Å²) in [5.41, 5.74) is 2.93. The Kier molecular flexibility index (Phi) is 7.74. The minimum atomic E-state index is -0.514. The number of ether oxygens (including phenoxy) is 1. The second kappa shape index (κ2) is 11.6. The summed E-state index contributed by atoms with van der Waals surface area (Å²) in [6.45, 7) is 3.47. The van der Waals surface area contributed by atoms with E-state index >= 15 is 0 Å². The number of thiophene rings is 1. The number of anilines is 3. The molecule has 0 aliphatic carbocycles. The number of carbonyl (C=O) groups excluding carboxylic acids is 2. The Morgan fingerprint density at radius 1 is 1.10 bits per heavy atom. The van der Waals surface area contributed by atoms with Gasteiger partial charge in [0.15, 0.2) is 0 Å². The first-order chi connectivity index (χ1) is 20.3. The van der Waals surface area contributed by atoms with Gasteiger partial charge >= 0.3 is 0 Å². The summed E-state index contributed by atoms with van der Waals surface area (Å²) < 4.78 is 34.3. The number of pyridine rings is 1. The number of amides is 2. The number of para-hydroxylation sites is 1. The molecule has 0 saturated carbocycles. The zero-order chi connectivity index (χ0) is 29.4. The summed E-state index contributed by atoms with van der Waals surface area (Å²) in [4.78, 5) is 36.7. The number of aryl methyl sites for hydroxylation is 1. The van der Waals surface area contributed by atoms with E-state index in [-0.39, 0.29) is 17.6 Å². The van der Waals surface area contributed by atoms with Crippen LogP contribution >= 0.6 is 11.3 Å². The lowest BCUT2D eigenvalue weighted by Crippen LogP contribution is -2.35. The average Bonchev–Trinajstić information content (AvgIpc) is 3.60. The van der Waals surface area contributed by atoms with Crippen LogP contribution < -0.4 is 15.1 Å². The SMILES string of the molecule is COC[C@H]1CCCN1c1cccc(C(=O)N2CCc3cc(C(=O)Nc4c(C)cccc4F)sc3-c3cc(F)ccc32)n1. The van der Waals surface area contributed by atoms with Crippen molar-refractivity contribution >= 4 is 40.3 Å². The third-order valence-electron chi connectivity index (χ3n) is 7.82. The van der Waals surface area contributed by atoms with Crippen LogP contribution in [0, 0.1) is 18.6 Å². The molecule has 1 saturated heterocycles. The Hall–Kier alpha value is -4.15. The molecule has 0 unspecified atom stereocenters. The average molecular weight is 589 g/mol. The summed E-state index contributed by atoms with van der Waals surface area (Å²) in [6.07, 6.45) is 2.48. The fraction of sp³-hybridized carbons (Fsp3) is 0.281. The van der Waals surface area contributed by atoms with E-state index in [9.17, 15) is 18.4 Å². The van der Waals surface area contributed by atoms with Crippen molar-refractivity contribution in [1.29, 1.82) is 0 Å². The van der Waals surface area contributed by atoms with Crippen molar-refractivity contribution in [3.63, 3.8) is 0 Å². The van der Waals surface area contributed by atoms with Gasteiger partial charge in [-0.05, 0) is 79.8 Å². The van der Waals surface area contributed by atoms with Crippen molar-refractivity contribution in [3.05, 3.63) is 94.0 Å². The van der Waals surface area contributed by atoms with E-state index < -0.39 is 17.5 Å². The minimum absolute atomic E-state index is 0.131. The Labute approximate surface area is 246 Å². The van der Waals surface area contributed by atoms with Gasteiger partial charge in [-0.25, -0.2) is 13.8 Å². The first-order valence-electron chi connectivity index (χ1n) is 13.9. The zero-order valence-corrected chi connectivity index (χ0v) is 24.1. The van der Waals surface area contributed by atoms with Crippen molar-refractivity contribution < 1.29 is 23.1 Å². The smallest absolute Gasteiger partial charge is 0.276 e. The Balaban J connectivity index is 1.31. The molecule has 2 aliphatic rings. The van der Waals surface area contributed by atoms with Crippen molar-refractivity contribution in [2.24, 2.45) is 0 Å². The molecule has 0 spiro atoms. The van der Waals surface area contributed by atoms with E-state index in [1.807, 2.05) is 12.1 Å². The molecule has 42 heavy (non-hydrogen) atoms. The van der Waals surface area contributed by atoms with Gasteiger partial charge in [-0.1, -0.05) is 18.2 Å². The zero-order valence-electron chi connectivity index (χ0n) is 23.3. The monoisotopic (exact) mass is 588 g/mol. The highest BCUT2D eigenvalue weighted by Gasteiger charge is 2.30. The lowest BCUT2D eigenvalue weighted by Gasteiger charge is -2.26. The molecular weight excluding hydrogens is 558 g/mol. The molecule has 2 aliphatic heterocycles. The van der Waals surface area contributed by atoms with Gasteiger partial charge in [0.25, 0.3) is 11.8 Å². The summed E-state index contributed by atoms with van der Waals surface area (Å²) in [5.74, 6) is -0.958. The van der Waals surface area contributed by atoms with Crippen molar-refractivity contribution in [2.45, 2.75) is 32.2 Å². The van der Waals surface area contributed by atoms with Gasteiger partial charge in [-0.15, -0.1) is 11.3 Å². The topological polar surface area (TPSA) is 74.8 Å². The predicted octanol–water partition coefficient (Wildman–Crippen LogP) is 6.47. The number of nitrogens with one attached hydrogen (secondary N) is 1. The summed E-state index contributed by atoms with van der Waals surface area (Å²) >= 11 is 1.20. The molecule has 2 amide bonds. The quantitative estimate of drug-likeness (QED) is 0.280. The van der Waals surface area contributed by atoms with E-state index in [0.717, 1.165) is 30.8 Å². The molecule has 1 N–H and O–H groups in total. The van der Waals surface area contributed by atoms with Crippen LogP contribution in [-0.2, 0) is 11.2 Å². The second-order valence-corrected chi connectivity index (χ2v) is 11.6. The number of methoxy groups -OCH3 is 1. The van der Waals surface area contributed by atoms with Crippen LogP contribution in [0.4, 0.5) is 26.0 Å². The van der Waals surface area contributed by atoms with E-state index in [1.165, 1.54) is 29.5 Å². The molecule has 2 aromatic carbocycles. The molecule has 7 nitrogen and oxygen atoms in total. The number of nitrogens with zero attached hydrogens (tertiary/aromatic N) is 3. The Bertz CT molecular complexity index is 1650. The molecule has 2 aromatic heterocycles. The molecule has 1 fully saturated rings. The first-order valence-corrected chi connectivity index (χ1v) is 14.7. The number of hydrogen-bond acceptors (Lipinski definition) is 6. The van der Waals surface area contributed by atoms with Gasteiger partial charge in [-0.3, -0.25) is 9.59 Å². The van der Waals surface area contributed by atoms with Crippen LogP contribution in [0.2, 0.25) is 0 Å². The molecule has 6 rings (SSSR count). The number of rotatable bonds is 6. The van der Waals surface area contributed by atoms with Crippen LogP contribution in [0.15, 0.2) is 60.7 Å². The highest BCUT2D eigenvalue weighted by atomic mass is 32.1. The lowest BCUT2D eigenvalue weighted by atomic mass is 10.1. The molecule has 4 heterocycles. The minimum Gasteiger partial charge on any atom is -0.383 e. The van der Waals surface area contributed by atoms with Crippen LogP contribution in [0.1, 0.15) is 44.1 Å².